The van der Waals surface area contributed by atoms with E-state index in [2.05, 4.69) is 5.32 Å². The number of carbonyl (C=O) groups is 1. The molecule has 18 heavy (non-hydrogen) atoms. The first-order chi connectivity index (χ1) is 8.41. The lowest BCUT2D eigenvalue weighted by atomic mass is 9.94. The predicted octanol–water partition coefficient (Wildman–Crippen LogP) is 2.02. The van der Waals surface area contributed by atoms with E-state index in [-0.39, 0.29) is 16.9 Å². The van der Waals surface area contributed by atoms with Crippen molar-refractivity contribution in [3.8, 4) is 5.75 Å². The number of carboxylic acids is 1. The smallest absolute Gasteiger partial charge is 0.339 e. The number of aromatic carboxylic acids is 1. The minimum Gasteiger partial charge on any atom is -0.507 e. The van der Waals surface area contributed by atoms with Gasteiger partial charge in [-0.15, -0.1) is 0 Å². The Labute approximate surface area is 107 Å². The van der Waals surface area contributed by atoms with Gasteiger partial charge in [0.2, 0.25) is 0 Å². The molecular formula is C13H20N2O3. The van der Waals surface area contributed by atoms with Gasteiger partial charge in [-0.05, 0) is 25.0 Å². The Morgan fingerprint density at radius 3 is 2.44 bits per heavy atom. The summed E-state index contributed by atoms with van der Waals surface area (Å²) >= 11 is 0. The molecule has 5 nitrogen and oxygen atoms in total. The molecule has 0 aromatic heterocycles. The lowest BCUT2D eigenvalue weighted by molar-refractivity contribution is 0.0694. The highest BCUT2D eigenvalue weighted by molar-refractivity contribution is 5.91. The molecule has 5 N–H and O–H groups in total. The van der Waals surface area contributed by atoms with Gasteiger partial charge >= 0.3 is 5.97 Å². The zero-order chi connectivity index (χ0) is 13.8. The van der Waals surface area contributed by atoms with Crippen molar-refractivity contribution < 1.29 is 15.0 Å². The normalized spacial score (nSPS) is 11.3. The van der Waals surface area contributed by atoms with Crippen molar-refractivity contribution in [3.63, 3.8) is 0 Å². The molecule has 1 rings (SSSR count). The van der Waals surface area contributed by atoms with E-state index in [1.165, 1.54) is 12.1 Å². The summed E-state index contributed by atoms with van der Waals surface area (Å²) in [5.74, 6) is -1.39. The summed E-state index contributed by atoms with van der Waals surface area (Å²) in [6.45, 7) is 4.62. The molecule has 0 bridgehead atoms. The maximum atomic E-state index is 10.7. The fourth-order valence-electron chi connectivity index (χ4n) is 1.60. The lowest BCUT2D eigenvalue weighted by Crippen LogP contribution is -2.45. The maximum absolute atomic E-state index is 10.7. The average Bonchev–Trinajstić information content (AvgIpc) is 2.35. The predicted molar refractivity (Wildman–Crippen MR) is 71.1 cm³/mol. The molecule has 0 aliphatic rings. The van der Waals surface area contributed by atoms with Gasteiger partial charge in [-0.25, -0.2) is 4.79 Å². The van der Waals surface area contributed by atoms with Crippen LogP contribution in [-0.4, -0.2) is 28.3 Å². The van der Waals surface area contributed by atoms with Crippen LogP contribution in [0.15, 0.2) is 18.2 Å². The number of nitrogens with one attached hydrogen (secondary N) is 1. The second kappa shape index (κ2) is 5.73. The highest BCUT2D eigenvalue weighted by Gasteiger charge is 2.19. The van der Waals surface area contributed by atoms with Crippen LogP contribution in [0.3, 0.4) is 0 Å². The summed E-state index contributed by atoms with van der Waals surface area (Å²) in [6.07, 6.45) is 1.69. The largest absolute Gasteiger partial charge is 0.507 e. The quantitative estimate of drug-likeness (QED) is 0.621. The molecule has 100 valence electrons. The third-order valence-electron chi connectivity index (χ3n) is 3.28. The van der Waals surface area contributed by atoms with E-state index < -0.39 is 5.97 Å². The number of rotatable bonds is 6. The van der Waals surface area contributed by atoms with E-state index in [9.17, 15) is 9.90 Å². The van der Waals surface area contributed by atoms with Crippen LogP contribution in [-0.2, 0) is 0 Å². The highest BCUT2D eigenvalue weighted by Crippen LogP contribution is 2.22. The fraction of sp³-hybridized carbons (Fsp3) is 0.462. The van der Waals surface area contributed by atoms with E-state index in [1.807, 2.05) is 13.8 Å². The SMILES string of the molecule is CCC(N)(CC)CNc1ccc(C(=O)O)c(O)c1. The number of aromatic hydroxyl groups is 1. The first-order valence-electron chi connectivity index (χ1n) is 6.01. The van der Waals surface area contributed by atoms with Gasteiger partial charge in [-0.2, -0.15) is 0 Å². The number of anilines is 1. The van der Waals surface area contributed by atoms with Crippen LogP contribution in [0.25, 0.3) is 0 Å². The highest BCUT2D eigenvalue weighted by atomic mass is 16.4. The third kappa shape index (κ3) is 3.37. The van der Waals surface area contributed by atoms with Gasteiger partial charge in [-0.3, -0.25) is 0 Å². The number of hydrogen-bond donors (Lipinski definition) is 4. The van der Waals surface area contributed by atoms with Gasteiger partial charge in [-0.1, -0.05) is 13.8 Å². The summed E-state index contributed by atoms with van der Waals surface area (Å²) in [7, 11) is 0. The number of phenols is 1. The molecule has 1 aromatic rings. The second-order valence-electron chi connectivity index (χ2n) is 4.46. The van der Waals surface area contributed by atoms with Crippen molar-refractivity contribution in [2.45, 2.75) is 32.2 Å². The monoisotopic (exact) mass is 252 g/mol. The molecule has 0 heterocycles. The second-order valence-corrected chi connectivity index (χ2v) is 4.46. The van der Waals surface area contributed by atoms with Crippen molar-refractivity contribution in [2.24, 2.45) is 5.73 Å². The Balaban J connectivity index is 2.75. The standard InChI is InChI=1S/C13H20N2O3/c1-3-13(14,4-2)8-15-9-5-6-10(12(17)18)11(16)7-9/h5-7,15-16H,3-4,8,14H2,1-2H3,(H,17,18). The lowest BCUT2D eigenvalue weighted by Gasteiger charge is -2.27. The van der Waals surface area contributed by atoms with Crippen molar-refractivity contribution in [1.29, 1.82) is 0 Å². The summed E-state index contributed by atoms with van der Waals surface area (Å²) in [4.78, 5) is 10.7. The van der Waals surface area contributed by atoms with Crippen LogP contribution >= 0.6 is 0 Å². The van der Waals surface area contributed by atoms with Gasteiger partial charge in [0.05, 0.1) is 0 Å². The van der Waals surface area contributed by atoms with Gasteiger partial charge < -0.3 is 21.3 Å². The van der Waals surface area contributed by atoms with Crippen molar-refractivity contribution >= 4 is 11.7 Å². The number of carboxylic acid groups (broad SMARTS) is 1. The minimum absolute atomic E-state index is 0.106. The molecule has 0 spiro atoms. The van der Waals surface area contributed by atoms with Gasteiger partial charge in [0.15, 0.2) is 0 Å². The zero-order valence-corrected chi connectivity index (χ0v) is 10.7. The summed E-state index contributed by atoms with van der Waals surface area (Å²) in [5.41, 5.74) is 6.41. The van der Waals surface area contributed by atoms with Crippen molar-refractivity contribution in [2.75, 3.05) is 11.9 Å². The summed E-state index contributed by atoms with van der Waals surface area (Å²) in [6, 6.07) is 4.39. The summed E-state index contributed by atoms with van der Waals surface area (Å²) < 4.78 is 0. The molecule has 0 fully saturated rings. The Morgan fingerprint density at radius 2 is 2.00 bits per heavy atom. The zero-order valence-electron chi connectivity index (χ0n) is 10.7. The number of nitrogens with two attached hydrogens (primary N) is 1. The molecule has 0 radical (unpaired) electrons. The Hall–Kier alpha value is -1.75. The van der Waals surface area contributed by atoms with Crippen molar-refractivity contribution in [3.05, 3.63) is 23.8 Å². The molecular weight excluding hydrogens is 232 g/mol. The molecule has 0 saturated heterocycles. The molecule has 0 unspecified atom stereocenters. The molecule has 0 atom stereocenters. The first-order valence-corrected chi connectivity index (χ1v) is 6.01. The van der Waals surface area contributed by atoms with Crippen LogP contribution in [0.1, 0.15) is 37.0 Å². The molecule has 0 amide bonds. The van der Waals surface area contributed by atoms with E-state index in [4.69, 9.17) is 10.8 Å². The molecule has 0 saturated carbocycles. The molecule has 0 aliphatic heterocycles. The van der Waals surface area contributed by atoms with E-state index >= 15 is 0 Å². The number of hydrogen-bond acceptors (Lipinski definition) is 4. The van der Waals surface area contributed by atoms with Gasteiger partial charge in [0.1, 0.15) is 11.3 Å². The molecule has 0 aliphatic carbocycles. The molecule has 5 heteroatoms. The Morgan fingerprint density at radius 1 is 1.39 bits per heavy atom. The Bertz CT molecular complexity index is 428. The number of benzene rings is 1. The topological polar surface area (TPSA) is 95.6 Å². The van der Waals surface area contributed by atoms with Crippen LogP contribution < -0.4 is 11.1 Å². The van der Waals surface area contributed by atoms with Crippen LogP contribution in [0.2, 0.25) is 0 Å². The van der Waals surface area contributed by atoms with E-state index in [0.717, 1.165) is 12.8 Å². The van der Waals surface area contributed by atoms with Gasteiger partial charge in [0, 0.05) is 23.8 Å². The van der Waals surface area contributed by atoms with E-state index in [0.29, 0.717) is 12.2 Å². The first kappa shape index (κ1) is 14.3. The van der Waals surface area contributed by atoms with Crippen molar-refractivity contribution in [1.82, 2.24) is 0 Å². The Kier molecular flexibility index (Phi) is 4.55. The minimum atomic E-state index is -1.14. The fourth-order valence-corrected chi connectivity index (χ4v) is 1.60. The maximum Gasteiger partial charge on any atom is 0.339 e. The van der Waals surface area contributed by atoms with Crippen LogP contribution in [0.4, 0.5) is 5.69 Å². The average molecular weight is 252 g/mol. The summed E-state index contributed by atoms with van der Waals surface area (Å²) in [5, 5.41) is 21.5. The van der Waals surface area contributed by atoms with Crippen LogP contribution in [0.5, 0.6) is 5.75 Å². The van der Waals surface area contributed by atoms with Gasteiger partial charge in [0.25, 0.3) is 0 Å². The van der Waals surface area contributed by atoms with E-state index in [1.54, 1.807) is 6.07 Å². The van der Waals surface area contributed by atoms with Crippen LogP contribution in [0, 0.1) is 0 Å². The third-order valence-corrected chi connectivity index (χ3v) is 3.28. The molecule has 1 aromatic carbocycles.